The number of unbranched alkanes of at least 4 members (excludes halogenated alkanes) is 6. The summed E-state index contributed by atoms with van der Waals surface area (Å²) in [6, 6.07) is 6.09. The molecular formula is C23H34BrNO2. The van der Waals surface area contributed by atoms with Gasteiger partial charge in [0.25, 0.3) is 0 Å². The fourth-order valence-electron chi connectivity index (χ4n) is 3.39. The smallest absolute Gasteiger partial charge is 0.161 e. The summed E-state index contributed by atoms with van der Waals surface area (Å²) in [7, 11) is 0. The zero-order valence-corrected chi connectivity index (χ0v) is 18.5. The number of benzene rings is 1. The average molecular weight is 436 g/mol. The number of likely N-dealkylation sites (tertiary alicyclic amines) is 1. The maximum atomic E-state index is 12.2. The monoisotopic (exact) mass is 435 g/mol. The lowest BCUT2D eigenvalue weighted by molar-refractivity contribution is -0.117. The number of ketones is 1. The van der Waals surface area contributed by atoms with E-state index in [1.165, 1.54) is 38.5 Å². The topological polar surface area (TPSA) is 29.5 Å². The molecule has 0 spiro atoms. The fourth-order valence-corrected chi connectivity index (χ4v) is 3.90. The summed E-state index contributed by atoms with van der Waals surface area (Å²) in [5.74, 6) is 1.16. The van der Waals surface area contributed by atoms with E-state index in [-0.39, 0.29) is 5.78 Å². The minimum Gasteiger partial charge on any atom is -0.492 e. The van der Waals surface area contributed by atoms with E-state index in [9.17, 15) is 4.79 Å². The Balaban J connectivity index is 1.81. The third kappa shape index (κ3) is 7.79. The van der Waals surface area contributed by atoms with Gasteiger partial charge in [-0.3, -0.25) is 9.69 Å². The lowest BCUT2D eigenvalue weighted by Gasteiger charge is -2.26. The predicted molar refractivity (Wildman–Crippen MR) is 117 cm³/mol. The maximum Gasteiger partial charge on any atom is 0.161 e. The van der Waals surface area contributed by atoms with Gasteiger partial charge in [-0.05, 0) is 52.7 Å². The van der Waals surface area contributed by atoms with Crippen LogP contribution >= 0.6 is 15.9 Å². The molecule has 0 bridgehead atoms. The summed E-state index contributed by atoms with van der Waals surface area (Å²) < 4.78 is 6.88. The van der Waals surface area contributed by atoms with Crippen molar-refractivity contribution in [3.63, 3.8) is 0 Å². The Kier molecular flexibility index (Phi) is 10.1. The standard InChI is InChI=1S/C23H34BrNO2/c1-3-5-6-7-8-9-10-15-27-23-12-11-19(17-21(23)24)16-20-18-25(4-2)14-13-22(20)26/h11-12,16-17H,3-10,13-15,18H2,1-2H3/b20-16+. The Labute approximate surface area is 173 Å². The lowest BCUT2D eigenvalue weighted by atomic mass is 10.0. The lowest BCUT2D eigenvalue weighted by Crippen LogP contribution is -2.35. The van der Waals surface area contributed by atoms with Crippen molar-refractivity contribution in [1.29, 1.82) is 0 Å². The zero-order valence-electron chi connectivity index (χ0n) is 16.9. The highest BCUT2D eigenvalue weighted by atomic mass is 79.9. The summed E-state index contributed by atoms with van der Waals surface area (Å²) in [6.07, 6.45) is 11.7. The van der Waals surface area contributed by atoms with Crippen LogP contribution in [0.5, 0.6) is 5.75 Å². The Bertz CT molecular complexity index is 627. The molecule has 4 heteroatoms. The van der Waals surface area contributed by atoms with Gasteiger partial charge in [0.15, 0.2) is 5.78 Å². The quantitative estimate of drug-likeness (QED) is 0.303. The van der Waals surface area contributed by atoms with Gasteiger partial charge in [-0.15, -0.1) is 0 Å². The molecule has 0 amide bonds. The summed E-state index contributed by atoms with van der Waals surface area (Å²) in [4.78, 5) is 14.5. The van der Waals surface area contributed by atoms with Gasteiger partial charge in [-0.25, -0.2) is 0 Å². The van der Waals surface area contributed by atoms with Crippen molar-refractivity contribution in [2.45, 2.75) is 65.2 Å². The van der Waals surface area contributed by atoms with Gasteiger partial charge >= 0.3 is 0 Å². The number of halogens is 1. The van der Waals surface area contributed by atoms with Crippen LogP contribution in [0.2, 0.25) is 0 Å². The first-order valence-electron chi connectivity index (χ1n) is 10.5. The van der Waals surface area contributed by atoms with E-state index in [1.54, 1.807) is 0 Å². The minimum absolute atomic E-state index is 0.273. The third-order valence-electron chi connectivity index (χ3n) is 5.16. The predicted octanol–water partition coefficient (Wildman–Crippen LogP) is 6.26. The van der Waals surface area contributed by atoms with Gasteiger partial charge < -0.3 is 4.74 Å². The van der Waals surface area contributed by atoms with Gasteiger partial charge in [-0.2, -0.15) is 0 Å². The summed E-state index contributed by atoms with van der Waals surface area (Å²) in [6.45, 7) is 7.77. The molecule has 1 aliphatic rings. The number of carbonyl (C=O) groups excluding carboxylic acids is 1. The van der Waals surface area contributed by atoms with Gasteiger partial charge in [0.2, 0.25) is 0 Å². The summed E-state index contributed by atoms with van der Waals surface area (Å²) in [5, 5.41) is 0. The first kappa shape index (κ1) is 22.2. The number of ether oxygens (including phenoxy) is 1. The van der Waals surface area contributed by atoms with Crippen molar-refractivity contribution >= 4 is 27.8 Å². The van der Waals surface area contributed by atoms with Crippen LogP contribution in [0.3, 0.4) is 0 Å². The summed E-state index contributed by atoms with van der Waals surface area (Å²) >= 11 is 3.61. The number of Topliss-reactive ketones (excluding diaryl/α,β-unsaturated/α-hetero) is 1. The molecule has 1 aromatic carbocycles. The molecule has 1 fully saturated rings. The SMILES string of the molecule is CCCCCCCCCOc1ccc(/C=C2\CN(CC)CCC2=O)cc1Br. The van der Waals surface area contributed by atoms with E-state index >= 15 is 0 Å². The van der Waals surface area contributed by atoms with Crippen LogP contribution in [0.25, 0.3) is 6.08 Å². The van der Waals surface area contributed by atoms with Gasteiger partial charge in [-0.1, -0.05) is 58.4 Å². The molecule has 1 heterocycles. The molecule has 27 heavy (non-hydrogen) atoms. The zero-order chi connectivity index (χ0) is 19.5. The number of hydrogen-bond donors (Lipinski definition) is 0. The van der Waals surface area contributed by atoms with Crippen LogP contribution in [0, 0.1) is 0 Å². The Morgan fingerprint density at radius 3 is 2.56 bits per heavy atom. The van der Waals surface area contributed by atoms with E-state index in [1.807, 2.05) is 24.3 Å². The molecule has 3 nitrogen and oxygen atoms in total. The number of likely N-dealkylation sites (N-methyl/N-ethyl adjacent to an activating group) is 1. The molecular weight excluding hydrogens is 402 g/mol. The molecule has 0 aliphatic carbocycles. The maximum absolute atomic E-state index is 12.2. The Morgan fingerprint density at radius 1 is 1.11 bits per heavy atom. The molecule has 0 saturated carbocycles. The summed E-state index contributed by atoms with van der Waals surface area (Å²) in [5.41, 5.74) is 1.96. The third-order valence-corrected chi connectivity index (χ3v) is 5.78. The minimum atomic E-state index is 0.273. The average Bonchev–Trinajstić information content (AvgIpc) is 2.67. The number of piperidine rings is 1. The van der Waals surface area contributed by atoms with Crippen molar-refractivity contribution in [2.75, 3.05) is 26.2 Å². The van der Waals surface area contributed by atoms with Crippen LogP contribution < -0.4 is 4.74 Å². The van der Waals surface area contributed by atoms with Crippen molar-refractivity contribution in [3.8, 4) is 5.75 Å². The molecule has 150 valence electrons. The molecule has 0 unspecified atom stereocenters. The van der Waals surface area contributed by atoms with Gasteiger partial charge in [0.05, 0.1) is 11.1 Å². The molecule has 0 radical (unpaired) electrons. The second-order valence-corrected chi connectivity index (χ2v) is 8.23. The van der Waals surface area contributed by atoms with E-state index in [0.717, 1.165) is 54.0 Å². The molecule has 0 N–H and O–H groups in total. The number of hydrogen-bond acceptors (Lipinski definition) is 3. The second kappa shape index (κ2) is 12.4. The Hall–Kier alpha value is -1.13. The molecule has 2 rings (SSSR count). The first-order chi connectivity index (χ1) is 13.1. The van der Waals surface area contributed by atoms with Crippen molar-refractivity contribution in [3.05, 3.63) is 33.8 Å². The highest BCUT2D eigenvalue weighted by Crippen LogP contribution is 2.28. The molecule has 1 aromatic rings. The van der Waals surface area contributed by atoms with E-state index < -0.39 is 0 Å². The molecule has 0 atom stereocenters. The van der Waals surface area contributed by atoms with Gasteiger partial charge in [0.1, 0.15) is 5.75 Å². The second-order valence-electron chi connectivity index (χ2n) is 7.37. The van der Waals surface area contributed by atoms with Crippen molar-refractivity contribution in [2.24, 2.45) is 0 Å². The highest BCUT2D eigenvalue weighted by Gasteiger charge is 2.20. The molecule has 1 aliphatic heterocycles. The normalized spacial score (nSPS) is 16.9. The van der Waals surface area contributed by atoms with Crippen molar-refractivity contribution < 1.29 is 9.53 Å². The van der Waals surface area contributed by atoms with E-state index in [2.05, 4.69) is 34.7 Å². The number of rotatable bonds is 11. The van der Waals surface area contributed by atoms with Crippen LogP contribution in [0.15, 0.2) is 28.2 Å². The van der Waals surface area contributed by atoms with Crippen LogP contribution in [0.4, 0.5) is 0 Å². The number of carbonyl (C=O) groups is 1. The fraction of sp³-hybridized carbons (Fsp3) is 0.609. The molecule has 1 saturated heterocycles. The van der Waals surface area contributed by atoms with Crippen molar-refractivity contribution in [1.82, 2.24) is 4.90 Å². The van der Waals surface area contributed by atoms with Gasteiger partial charge in [0, 0.05) is 25.1 Å². The largest absolute Gasteiger partial charge is 0.492 e. The Morgan fingerprint density at radius 2 is 1.85 bits per heavy atom. The van der Waals surface area contributed by atoms with E-state index in [4.69, 9.17) is 4.74 Å². The highest BCUT2D eigenvalue weighted by molar-refractivity contribution is 9.10. The first-order valence-corrected chi connectivity index (χ1v) is 11.3. The van der Waals surface area contributed by atoms with Crippen LogP contribution in [-0.4, -0.2) is 36.9 Å². The molecule has 0 aromatic heterocycles. The van der Waals surface area contributed by atoms with Crippen LogP contribution in [-0.2, 0) is 4.79 Å². The van der Waals surface area contributed by atoms with E-state index in [0.29, 0.717) is 6.42 Å². The number of nitrogens with zero attached hydrogens (tertiary/aromatic N) is 1. The van der Waals surface area contributed by atoms with Crippen LogP contribution in [0.1, 0.15) is 70.8 Å².